The van der Waals surface area contributed by atoms with Gasteiger partial charge in [0.1, 0.15) is 0 Å². The molecule has 14 heavy (non-hydrogen) atoms. The maximum absolute atomic E-state index is 11.5. The third-order valence-corrected chi connectivity index (χ3v) is 2.07. The lowest BCUT2D eigenvalue weighted by molar-refractivity contribution is -0.126. The number of carbonyl (C=O) groups is 2. The van der Waals surface area contributed by atoms with Gasteiger partial charge in [-0.3, -0.25) is 9.59 Å². The summed E-state index contributed by atoms with van der Waals surface area (Å²) in [5.74, 6) is -0.385. The molecule has 1 unspecified atom stereocenters. The van der Waals surface area contributed by atoms with Crippen LogP contribution >= 0.6 is 0 Å². The highest BCUT2D eigenvalue weighted by molar-refractivity contribution is 5.89. The number of nitrogens with one attached hydrogen (secondary N) is 2. The molecule has 80 valence electrons. The van der Waals surface area contributed by atoms with Gasteiger partial charge in [-0.05, 0) is 13.8 Å². The Balaban J connectivity index is 2.32. The molecule has 1 aliphatic heterocycles. The number of hydrogen-bond donors (Lipinski definition) is 3. The molecule has 0 aromatic heterocycles. The fourth-order valence-electron chi connectivity index (χ4n) is 1.25. The van der Waals surface area contributed by atoms with Crippen molar-refractivity contribution >= 4 is 11.8 Å². The van der Waals surface area contributed by atoms with Crippen LogP contribution < -0.4 is 16.4 Å². The van der Waals surface area contributed by atoms with E-state index in [1.54, 1.807) is 0 Å². The van der Waals surface area contributed by atoms with Gasteiger partial charge in [0.15, 0.2) is 0 Å². The zero-order valence-electron chi connectivity index (χ0n) is 8.59. The molecule has 1 saturated heterocycles. The summed E-state index contributed by atoms with van der Waals surface area (Å²) < 4.78 is 0. The standard InChI is InChI=1S/C9H17N3O2/c1-9(2,10)5-12-8(14)6-3-7(13)11-4-6/h6H,3-5,10H2,1-2H3,(H,11,13)(H,12,14). The van der Waals surface area contributed by atoms with Crippen molar-refractivity contribution < 1.29 is 9.59 Å². The van der Waals surface area contributed by atoms with Gasteiger partial charge in [0.2, 0.25) is 11.8 Å². The van der Waals surface area contributed by atoms with Crippen LogP contribution in [0, 0.1) is 5.92 Å². The molecule has 5 heteroatoms. The highest BCUT2D eigenvalue weighted by Crippen LogP contribution is 2.08. The van der Waals surface area contributed by atoms with Crippen LogP contribution in [0.1, 0.15) is 20.3 Å². The molecule has 0 saturated carbocycles. The van der Waals surface area contributed by atoms with E-state index in [0.717, 1.165) is 0 Å². The third kappa shape index (κ3) is 3.33. The van der Waals surface area contributed by atoms with Crippen LogP contribution in [-0.2, 0) is 9.59 Å². The fourth-order valence-corrected chi connectivity index (χ4v) is 1.25. The SMILES string of the molecule is CC(C)(N)CNC(=O)C1CNC(=O)C1. The monoisotopic (exact) mass is 199 g/mol. The Morgan fingerprint density at radius 1 is 1.71 bits per heavy atom. The van der Waals surface area contributed by atoms with Gasteiger partial charge in [0.25, 0.3) is 0 Å². The second-order valence-corrected chi connectivity index (χ2v) is 4.41. The Hall–Kier alpha value is -1.10. The number of nitrogens with two attached hydrogens (primary N) is 1. The number of rotatable bonds is 3. The van der Waals surface area contributed by atoms with Crippen molar-refractivity contribution in [2.45, 2.75) is 25.8 Å². The van der Waals surface area contributed by atoms with E-state index < -0.39 is 5.54 Å². The average molecular weight is 199 g/mol. The smallest absolute Gasteiger partial charge is 0.225 e. The maximum atomic E-state index is 11.5. The van der Waals surface area contributed by atoms with Crippen LogP contribution in [0.4, 0.5) is 0 Å². The predicted octanol–water partition coefficient (Wildman–Crippen LogP) is -1.02. The summed E-state index contributed by atoms with van der Waals surface area (Å²) >= 11 is 0. The van der Waals surface area contributed by atoms with Crippen LogP contribution in [0.25, 0.3) is 0 Å². The summed E-state index contributed by atoms with van der Waals surface area (Å²) in [5.41, 5.74) is 5.30. The molecule has 1 atom stereocenters. The van der Waals surface area contributed by atoms with Crippen molar-refractivity contribution in [1.29, 1.82) is 0 Å². The van der Waals surface area contributed by atoms with E-state index in [4.69, 9.17) is 5.73 Å². The van der Waals surface area contributed by atoms with Crippen LogP contribution in [0.3, 0.4) is 0 Å². The Morgan fingerprint density at radius 2 is 2.36 bits per heavy atom. The largest absolute Gasteiger partial charge is 0.355 e. The summed E-state index contributed by atoms with van der Waals surface area (Å²) in [7, 11) is 0. The summed E-state index contributed by atoms with van der Waals surface area (Å²) in [6, 6.07) is 0. The Bertz CT molecular complexity index is 245. The lowest BCUT2D eigenvalue weighted by Crippen LogP contribution is -2.46. The van der Waals surface area contributed by atoms with Crippen molar-refractivity contribution in [3.8, 4) is 0 Å². The zero-order valence-corrected chi connectivity index (χ0v) is 8.59. The van der Waals surface area contributed by atoms with Gasteiger partial charge in [-0.25, -0.2) is 0 Å². The fraction of sp³-hybridized carbons (Fsp3) is 0.778. The minimum atomic E-state index is -0.411. The molecule has 0 bridgehead atoms. The molecule has 0 radical (unpaired) electrons. The number of carbonyl (C=O) groups excluding carboxylic acids is 2. The summed E-state index contributed by atoms with van der Waals surface area (Å²) in [6.45, 7) is 4.54. The minimum Gasteiger partial charge on any atom is -0.355 e. The first-order valence-corrected chi connectivity index (χ1v) is 4.72. The first-order valence-electron chi connectivity index (χ1n) is 4.72. The third-order valence-electron chi connectivity index (χ3n) is 2.07. The highest BCUT2D eigenvalue weighted by Gasteiger charge is 2.28. The van der Waals surface area contributed by atoms with E-state index >= 15 is 0 Å². The summed E-state index contributed by atoms with van der Waals surface area (Å²) in [5, 5.41) is 5.35. The van der Waals surface area contributed by atoms with E-state index in [1.165, 1.54) is 0 Å². The molecular weight excluding hydrogens is 182 g/mol. The van der Waals surface area contributed by atoms with Gasteiger partial charge in [-0.1, -0.05) is 0 Å². The molecule has 0 aromatic carbocycles. The van der Waals surface area contributed by atoms with E-state index in [1.807, 2.05) is 13.8 Å². The number of hydrogen-bond acceptors (Lipinski definition) is 3. The molecule has 1 fully saturated rings. The Kier molecular flexibility index (Phi) is 3.10. The molecule has 1 heterocycles. The van der Waals surface area contributed by atoms with Gasteiger partial charge >= 0.3 is 0 Å². The summed E-state index contributed by atoms with van der Waals surface area (Å²) in [4.78, 5) is 22.3. The molecule has 5 nitrogen and oxygen atoms in total. The van der Waals surface area contributed by atoms with E-state index in [0.29, 0.717) is 13.1 Å². The van der Waals surface area contributed by atoms with E-state index in [9.17, 15) is 9.59 Å². The first-order chi connectivity index (χ1) is 6.38. The Morgan fingerprint density at radius 3 is 2.79 bits per heavy atom. The van der Waals surface area contributed by atoms with Gasteiger partial charge in [-0.15, -0.1) is 0 Å². The topological polar surface area (TPSA) is 84.2 Å². The van der Waals surface area contributed by atoms with Crippen molar-refractivity contribution in [3.63, 3.8) is 0 Å². The van der Waals surface area contributed by atoms with Crippen molar-refractivity contribution in [1.82, 2.24) is 10.6 Å². The second kappa shape index (κ2) is 3.96. The Labute approximate surface area is 83.4 Å². The maximum Gasteiger partial charge on any atom is 0.225 e. The molecule has 1 aliphatic rings. The highest BCUT2D eigenvalue weighted by atomic mass is 16.2. The summed E-state index contributed by atoms with van der Waals surface area (Å²) in [6.07, 6.45) is 0.289. The van der Waals surface area contributed by atoms with Gasteiger partial charge in [0.05, 0.1) is 5.92 Å². The molecule has 0 aliphatic carbocycles. The van der Waals surface area contributed by atoms with Gasteiger partial charge in [-0.2, -0.15) is 0 Å². The molecule has 1 rings (SSSR count). The van der Waals surface area contributed by atoms with E-state index in [2.05, 4.69) is 10.6 Å². The molecular formula is C9H17N3O2. The molecule has 0 aromatic rings. The quantitative estimate of drug-likeness (QED) is 0.543. The van der Waals surface area contributed by atoms with Gasteiger partial charge in [0, 0.05) is 25.0 Å². The first kappa shape index (κ1) is 11.0. The van der Waals surface area contributed by atoms with Crippen LogP contribution in [0.5, 0.6) is 0 Å². The molecule has 4 N–H and O–H groups in total. The average Bonchev–Trinajstić information content (AvgIpc) is 2.46. The van der Waals surface area contributed by atoms with Gasteiger partial charge < -0.3 is 16.4 Å². The van der Waals surface area contributed by atoms with Crippen LogP contribution in [0.2, 0.25) is 0 Å². The molecule has 0 spiro atoms. The van der Waals surface area contributed by atoms with Crippen molar-refractivity contribution in [2.24, 2.45) is 11.7 Å². The predicted molar refractivity (Wildman–Crippen MR) is 52.4 cm³/mol. The minimum absolute atomic E-state index is 0.0582. The van der Waals surface area contributed by atoms with E-state index in [-0.39, 0.29) is 24.2 Å². The zero-order chi connectivity index (χ0) is 10.8. The number of amides is 2. The molecule has 2 amide bonds. The normalized spacial score (nSPS) is 21.9. The lowest BCUT2D eigenvalue weighted by atomic mass is 10.1. The lowest BCUT2D eigenvalue weighted by Gasteiger charge is -2.20. The van der Waals surface area contributed by atoms with Crippen LogP contribution in [0.15, 0.2) is 0 Å². The van der Waals surface area contributed by atoms with Crippen molar-refractivity contribution in [3.05, 3.63) is 0 Å². The van der Waals surface area contributed by atoms with Crippen molar-refractivity contribution in [2.75, 3.05) is 13.1 Å². The van der Waals surface area contributed by atoms with Crippen LogP contribution in [-0.4, -0.2) is 30.4 Å². The second-order valence-electron chi connectivity index (χ2n) is 4.41.